The van der Waals surface area contributed by atoms with Crippen molar-refractivity contribution in [3.05, 3.63) is 67.9 Å². The molecule has 2 aromatic rings. The van der Waals surface area contributed by atoms with Crippen molar-refractivity contribution in [2.45, 2.75) is 13.0 Å². The molecule has 0 fully saturated rings. The number of amides is 1. The van der Waals surface area contributed by atoms with Gasteiger partial charge in [-0.25, -0.2) is 0 Å². The Bertz CT molecular complexity index is 751. The smallest absolute Gasteiger partial charge is 0.276 e. The van der Waals surface area contributed by atoms with Gasteiger partial charge in [-0.1, -0.05) is 12.1 Å². The molecule has 22 heavy (non-hydrogen) atoms. The first kappa shape index (κ1) is 14.5. The van der Waals surface area contributed by atoms with E-state index in [1.54, 1.807) is 34.4 Å². The van der Waals surface area contributed by atoms with Crippen LogP contribution in [0.4, 0.5) is 5.69 Å². The second-order valence-corrected chi connectivity index (χ2v) is 6.03. The Labute approximate surface area is 131 Å². The number of carbonyl (C=O) groups excluding carboxylic acids is 1. The largest absolute Gasteiger partial charge is 0.334 e. The summed E-state index contributed by atoms with van der Waals surface area (Å²) in [7, 11) is 0. The van der Waals surface area contributed by atoms with Crippen molar-refractivity contribution in [3.63, 3.8) is 0 Å². The van der Waals surface area contributed by atoms with Crippen molar-refractivity contribution in [2.24, 2.45) is 0 Å². The van der Waals surface area contributed by atoms with Crippen LogP contribution in [-0.4, -0.2) is 22.3 Å². The van der Waals surface area contributed by atoms with Crippen molar-refractivity contribution in [1.82, 2.24) is 4.90 Å². The molecule has 1 aliphatic rings. The summed E-state index contributed by atoms with van der Waals surface area (Å²) in [6, 6.07) is 8.44. The minimum absolute atomic E-state index is 0.00492. The normalized spacial score (nSPS) is 14.1. The molecule has 1 aromatic carbocycles. The number of rotatable bonds is 3. The molecule has 0 bridgehead atoms. The maximum atomic E-state index is 12.3. The predicted octanol–water partition coefficient (Wildman–Crippen LogP) is 3.25. The molecule has 0 saturated heterocycles. The van der Waals surface area contributed by atoms with Crippen molar-refractivity contribution in [1.29, 1.82) is 0 Å². The Morgan fingerprint density at radius 1 is 1.32 bits per heavy atom. The molecule has 0 unspecified atom stereocenters. The molecule has 0 radical (unpaired) electrons. The zero-order chi connectivity index (χ0) is 15.5. The average Bonchev–Trinajstić information content (AvgIpc) is 3.00. The highest BCUT2D eigenvalue weighted by Gasteiger charge is 2.20. The molecule has 112 valence electrons. The van der Waals surface area contributed by atoms with E-state index in [0.717, 1.165) is 6.42 Å². The summed E-state index contributed by atoms with van der Waals surface area (Å²) in [5.41, 5.74) is 1.64. The third-order valence-corrected chi connectivity index (χ3v) is 4.68. The molecule has 0 atom stereocenters. The maximum absolute atomic E-state index is 12.3. The summed E-state index contributed by atoms with van der Waals surface area (Å²) in [5, 5.41) is 13.0. The van der Waals surface area contributed by atoms with Gasteiger partial charge in [-0.2, -0.15) is 0 Å². The second-order valence-electron chi connectivity index (χ2n) is 5.03. The van der Waals surface area contributed by atoms with Gasteiger partial charge in [0.05, 0.1) is 10.5 Å². The van der Waals surface area contributed by atoms with E-state index in [0.29, 0.717) is 18.7 Å². The lowest BCUT2D eigenvalue weighted by molar-refractivity contribution is -0.385. The molecular weight excluding hydrogens is 300 g/mol. The maximum Gasteiger partial charge on any atom is 0.276 e. The van der Waals surface area contributed by atoms with E-state index in [4.69, 9.17) is 0 Å². The lowest BCUT2D eigenvalue weighted by atomic mass is 10.1. The van der Waals surface area contributed by atoms with Gasteiger partial charge in [-0.05, 0) is 35.6 Å². The average molecular weight is 314 g/mol. The first-order valence-corrected chi connectivity index (χ1v) is 7.79. The van der Waals surface area contributed by atoms with Crippen LogP contribution in [0.3, 0.4) is 0 Å². The van der Waals surface area contributed by atoms with Gasteiger partial charge in [0, 0.05) is 30.1 Å². The molecule has 1 amide bonds. The molecule has 0 spiro atoms. The van der Waals surface area contributed by atoms with Gasteiger partial charge in [0.1, 0.15) is 0 Å². The van der Waals surface area contributed by atoms with E-state index >= 15 is 0 Å². The van der Waals surface area contributed by atoms with E-state index in [-0.39, 0.29) is 11.6 Å². The fourth-order valence-electron chi connectivity index (χ4n) is 2.50. The molecule has 3 rings (SSSR count). The third kappa shape index (κ3) is 2.92. The highest BCUT2D eigenvalue weighted by molar-refractivity contribution is 7.10. The van der Waals surface area contributed by atoms with Crippen LogP contribution in [0.1, 0.15) is 16.0 Å². The lowest BCUT2D eigenvalue weighted by Gasteiger charge is -2.25. The van der Waals surface area contributed by atoms with Crippen LogP contribution in [0.5, 0.6) is 0 Å². The van der Waals surface area contributed by atoms with Crippen molar-refractivity contribution in [3.8, 4) is 0 Å². The minimum Gasteiger partial charge on any atom is -0.334 e. The summed E-state index contributed by atoms with van der Waals surface area (Å²) in [6.45, 7) is 1.30. The van der Waals surface area contributed by atoms with Gasteiger partial charge < -0.3 is 4.90 Å². The number of benzene rings is 1. The monoisotopic (exact) mass is 314 g/mol. The van der Waals surface area contributed by atoms with Crippen molar-refractivity contribution < 1.29 is 9.72 Å². The third-order valence-electron chi connectivity index (χ3n) is 3.66. The highest BCUT2D eigenvalue weighted by Crippen LogP contribution is 2.24. The number of nitro benzene ring substituents is 1. The van der Waals surface area contributed by atoms with Crippen molar-refractivity contribution in [2.75, 3.05) is 6.54 Å². The van der Waals surface area contributed by atoms with Crippen molar-refractivity contribution >= 4 is 29.0 Å². The van der Waals surface area contributed by atoms with E-state index in [9.17, 15) is 14.9 Å². The van der Waals surface area contributed by atoms with E-state index in [1.165, 1.54) is 28.7 Å². The summed E-state index contributed by atoms with van der Waals surface area (Å²) in [4.78, 5) is 25.9. The molecule has 2 heterocycles. The number of thiophene rings is 1. The zero-order valence-corrected chi connectivity index (χ0v) is 12.6. The van der Waals surface area contributed by atoms with Crippen LogP contribution in [-0.2, 0) is 17.8 Å². The number of hydrogen-bond donors (Lipinski definition) is 0. The molecule has 1 aromatic heterocycles. The van der Waals surface area contributed by atoms with Crippen LogP contribution in [0.25, 0.3) is 6.08 Å². The van der Waals surface area contributed by atoms with Gasteiger partial charge in [0.2, 0.25) is 5.91 Å². The fourth-order valence-corrected chi connectivity index (χ4v) is 3.39. The molecule has 1 aliphatic heterocycles. The SMILES string of the molecule is O=C(C=Cc1ccccc1[N+](=O)[O-])N1CCc2sccc2C1. The summed E-state index contributed by atoms with van der Waals surface area (Å²) >= 11 is 1.72. The number of nitro groups is 1. The van der Waals surface area contributed by atoms with Gasteiger partial charge in [0.25, 0.3) is 5.69 Å². The molecule has 6 heteroatoms. The Morgan fingerprint density at radius 3 is 2.95 bits per heavy atom. The Hall–Kier alpha value is -2.47. The molecule has 0 saturated carbocycles. The van der Waals surface area contributed by atoms with Crippen LogP contribution >= 0.6 is 11.3 Å². The van der Waals surface area contributed by atoms with Gasteiger partial charge >= 0.3 is 0 Å². The minimum atomic E-state index is -0.442. The number of para-hydroxylation sites is 1. The number of hydrogen-bond acceptors (Lipinski definition) is 4. The first-order chi connectivity index (χ1) is 10.6. The van der Waals surface area contributed by atoms with E-state index in [1.807, 2.05) is 11.4 Å². The van der Waals surface area contributed by atoms with Crippen LogP contribution in [0.15, 0.2) is 41.8 Å². The summed E-state index contributed by atoms with van der Waals surface area (Å²) in [6.07, 6.45) is 3.81. The van der Waals surface area contributed by atoms with Gasteiger partial charge in [0.15, 0.2) is 0 Å². The molecule has 5 nitrogen and oxygen atoms in total. The second kappa shape index (κ2) is 6.11. The fraction of sp³-hybridized carbons (Fsp3) is 0.188. The molecule has 0 N–H and O–H groups in total. The molecular formula is C16H14N2O3S. The Morgan fingerprint density at radius 2 is 2.14 bits per heavy atom. The quantitative estimate of drug-likeness (QED) is 0.496. The van der Waals surface area contributed by atoms with Crippen LogP contribution < -0.4 is 0 Å². The molecule has 0 aliphatic carbocycles. The predicted molar refractivity (Wildman–Crippen MR) is 85.6 cm³/mol. The highest BCUT2D eigenvalue weighted by atomic mass is 32.1. The topological polar surface area (TPSA) is 63.4 Å². The first-order valence-electron chi connectivity index (χ1n) is 6.91. The lowest BCUT2D eigenvalue weighted by Crippen LogP contribution is -2.34. The van der Waals surface area contributed by atoms with Crippen LogP contribution in [0.2, 0.25) is 0 Å². The number of nitrogens with zero attached hydrogens (tertiary/aromatic N) is 2. The summed E-state index contributed by atoms with van der Waals surface area (Å²) in [5.74, 6) is -0.116. The van der Waals surface area contributed by atoms with Gasteiger partial charge in [-0.15, -0.1) is 11.3 Å². The van der Waals surface area contributed by atoms with E-state index in [2.05, 4.69) is 0 Å². The van der Waals surface area contributed by atoms with E-state index < -0.39 is 4.92 Å². The number of fused-ring (bicyclic) bond motifs is 1. The Balaban J connectivity index is 1.74. The number of carbonyl (C=O) groups is 1. The Kier molecular flexibility index (Phi) is 4.02. The van der Waals surface area contributed by atoms with Crippen LogP contribution in [0, 0.1) is 10.1 Å². The summed E-state index contributed by atoms with van der Waals surface area (Å²) < 4.78 is 0. The van der Waals surface area contributed by atoms with Gasteiger partial charge in [-0.3, -0.25) is 14.9 Å². The standard InChI is InChI=1S/C16H14N2O3S/c19-16(17-9-7-15-13(11-17)8-10-22-15)6-5-12-3-1-2-4-14(12)18(20)21/h1-6,8,10H,7,9,11H2. The zero-order valence-electron chi connectivity index (χ0n) is 11.8.